The number of aliphatic hydroxyl groups excluding tert-OH is 1. The van der Waals surface area contributed by atoms with Gasteiger partial charge < -0.3 is 14.6 Å². The summed E-state index contributed by atoms with van der Waals surface area (Å²) in [5.74, 6) is -0.280. The van der Waals surface area contributed by atoms with E-state index in [9.17, 15) is 9.59 Å². The zero-order chi connectivity index (χ0) is 29.1. The Labute approximate surface area is 243 Å². The molecular formula is C34H68O5. The van der Waals surface area contributed by atoms with Crippen molar-refractivity contribution >= 4 is 11.9 Å². The standard InChI is InChI=1S/C22H42O4.C12H26O/c1-3-5-7-9-11-15-19-25-21(23)17-13-14-18-22(24)26-20-16-12-10-8-6-4-2;1-2-3-4-5-6-7-8-9-10-11-12-13/h3-20H2,1-2H3;13H,2-12H2,1H3. The lowest BCUT2D eigenvalue weighted by atomic mass is 10.1. The predicted molar refractivity (Wildman–Crippen MR) is 166 cm³/mol. The van der Waals surface area contributed by atoms with Crippen molar-refractivity contribution in [2.75, 3.05) is 19.8 Å². The Bertz CT molecular complexity index is 438. The molecule has 0 spiro atoms. The van der Waals surface area contributed by atoms with Crippen LogP contribution in [0.15, 0.2) is 0 Å². The summed E-state index contributed by atoms with van der Waals surface area (Å²) in [5.41, 5.74) is 0. The molecule has 0 fully saturated rings. The number of hydrogen-bond donors (Lipinski definition) is 1. The molecule has 5 nitrogen and oxygen atoms in total. The highest BCUT2D eigenvalue weighted by atomic mass is 16.5. The van der Waals surface area contributed by atoms with Gasteiger partial charge in [0.05, 0.1) is 13.2 Å². The fraction of sp³-hybridized carbons (Fsp3) is 0.941. The summed E-state index contributed by atoms with van der Waals surface area (Å²) in [6, 6.07) is 0. The molecule has 0 aliphatic rings. The Morgan fingerprint density at radius 2 is 0.692 bits per heavy atom. The van der Waals surface area contributed by atoms with Crippen LogP contribution in [0.2, 0.25) is 0 Å². The van der Waals surface area contributed by atoms with Gasteiger partial charge >= 0.3 is 11.9 Å². The third-order valence-electron chi connectivity index (χ3n) is 7.05. The number of hydrogen-bond acceptors (Lipinski definition) is 5. The lowest BCUT2D eigenvalue weighted by molar-refractivity contribution is -0.146. The van der Waals surface area contributed by atoms with Crippen molar-refractivity contribution in [1.29, 1.82) is 0 Å². The molecule has 0 aromatic carbocycles. The molecule has 0 unspecified atom stereocenters. The number of unbranched alkanes of at least 4 members (excludes halogenated alkanes) is 20. The minimum Gasteiger partial charge on any atom is -0.466 e. The highest BCUT2D eigenvalue weighted by molar-refractivity contribution is 5.70. The van der Waals surface area contributed by atoms with Crippen molar-refractivity contribution in [3.8, 4) is 0 Å². The second-order valence-corrected chi connectivity index (χ2v) is 11.1. The maximum absolute atomic E-state index is 11.6. The zero-order valence-electron chi connectivity index (χ0n) is 26.6. The second-order valence-electron chi connectivity index (χ2n) is 11.1. The predicted octanol–water partition coefficient (Wildman–Crippen LogP) is 10.3. The average molecular weight is 557 g/mol. The summed E-state index contributed by atoms with van der Waals surface area (Å²) in [6.45, 7) is 8.11. The zero-order valence-corrected chi connectivity index (χ0v) is 26.6. The Morgan fingerprint density at radius 3 is 1.00 bits per heavy atom. The Hall–Kier alpha value is -1.10. The fourth-order valence-electron chi connectivity index (χ4n) is 4.42. The summed E-state index contributed by atoms with van der Waals surface area (Å²) in [7, 11) is 0. The first-order chi connectivity index (χ1) is 19.1. The van der Waals surface area contributed by atoms with Crippen LogP contribution in [0.4, 0.5) is 0 Å². The van der Waals surface area contributed by atoms with Crippen LogP contribution in [0.3, 0.4) is 0 Å². The van der Waals surface area contributed by atoms with Crippen molar-refractivity contribution in [3.63, 3.8) is 0 Å². The molecule has 0 amide bonds. The minimum absolute atomic E-state index is 0.140. The van der Waals surface area contributed by atoms with Gasteiger partial charge in [0.15, 0.2) is 0 Å². The number of ether oxygens (including phenoxy) is 2. The van der Waals surface area contributed by atoms with Crippen LogP contribution in [0.1, 0.15) is 188 Å². The Kier molecular flexibility index (Phi) is 37.9. The van der Waals surface area contributed by atoms with Gasteiger partial charge in [-0.1, -0.05) is 143 Å². The first-order valence-electron chi connectivity index (χ1n) is 17.0. The highest BCUT2D eigenvalue weighted by Crippen LogP contribution is 2.10. The van der Waals surface area contributed by atoms with Gasteiger partial charge in [-0.2, -0.15) is 0 Å². The number of rotatable bonds is 29. The van der Waals surface area contributed by atoms with Crippen molar-refractivity contribution in [1.82, 2.24) is 0 Å². The van der Waals surface area contributed by atoms with Gasteiger partial charge in [0.1, 0.15) is 0 Å². The van der Waals surface area contributed by atoms with E-state index in [2.05, 4.69) is 20.8 Å². The fourth-order valence-corrected chi connectivity index (χ4v) is 4.42. The van der Waals surface area contributed by atoms with E-state index >= 15 is 0 Å². The summed E-state index contributed by atoms with van der Waals surface area (Å²) in [4.78, 5) is 23.2. The van der Waals surface area contributed by atoms with Gasteiger partial charge in [-0.25, -0.2) is 0 Å². The van der Waals surface area contributed by atoms with Crippen LogP contribution in [0.25, 0.3) is 0 Å². The van der Waals surface area contributed by atoms with Crippen molar-refractivity contribution in [2.24, 2.45) is 0 Å². The van der Waals surface area contributed by atoms with Crippen molar-refractivity contribution in [3.05, 3.63) is 0 Å². The minimum atomic E-state index is -0.140. The first-order valence-corrected chi connectivity index (χ1v) is 17.0. The van der Waals surface area contributed by atoms with Gasteiger partial charge in [-0.15, -0.1) is 0 Å². The van der Waals surface area contributed by atoms with E-state index in [1.807, 2.05) is 0 Å². The number of esters is 2. The van der Waals surface area contributed by atoms with E-state index in [0.717, 1.165) is 32.1 Å². The van der Waals surface area contributed by atoms with Crippen LogP contribution >= 0.6 is 0 Å². The van der Waals surface area contributed by atoms with Gasteiger partial charge in [-0.3, -0.25) is 9.59 Å². The third-order valence-corrected chi connectivity index (χ3v) is 7.05. The summed E-state index contributed by atoms with van der Waals surface area (Å²) < 4.78 is 10.4. The molecule has 0 aliphatic carbocycles. The van der Waals surface area contributed by atoms with Crippen LogP contribution in [0.5, 0.6) is 0 Å². The van der Waals surface area contributed by atoms with Gasteiger partial charge in [-0.05, 0) is 32.1 Å². The second kappa shape index (κ2) is 36.9. The molecule has 234 valence electrons. The third kappa shape index (κ3) is 39.1. The molecule has 39 heavy (non-hydrogen) atoms. The highest BCUT2D eigenvalue weighted by Gasteiger charge is 2.06. The molecule has 1 N–H and O–H groups in total. The van der Waals surface area contributed by atoms with Crippen LogP contribution < -0.4 is 0 Å². The lowest BCUT2D eigenvalue weighted by Gasteiger charge is -2.06. The van der Waals surface area contributed by atoms with Gasteiger partial charge in [0.2, 0.25) is 0 Å². The number of aliphatic hydroxyl groups is 1. The molecule has 0 saturated carbocycles. The van der Waals surface area contributed by atoms with E-state index < -0.39 is 0 Å². The topological polar surface area (TPSA) is 72.8 Å². The molecule has 0 aliphatic heterocycles. The van der Waals surface area contributed by atoms with Gasteiger partial charge in [0.25, 0.3) is 0 Å². The van der Waals surface area contributed by atoms with Crippen LogP contribution in [0, 0.1) is 0 Å². The van der Waals surface area contributed by atoms with Crippen LogP contribution in [-0.2, 0) is 19.1 Å². The van der Waals surface area contributed by atoms with E-state index in [0.29, 0.717) is 45.5 Å². The Morgan fingerprint density at radius 1 is 0.410 bits per heavy atom. The van der Waals surface area contributed by atoms with Crippen molar-refractivity contribution in [2.45, 2.75) is 188 Å². The lowest BCUT2D eigenvalue weighted by Crippen LogP contribution is -2.08. The van der Waals surface area contributed by atoms with E-state index in [1.165, 1.54) is 109 Å². The molecule has 0 aromatic rings. The number of carbonyl (C=O) groups is 2. The molecule has 0 saturated heterocycles. The molecule has 0 bridgehead atoms. The largest absolute Gasteiger partial charge is 0.466 e. The summed E-state index contributed by atoms with van der Waals surface area (Å²) in [5, 5.41) is 8.57. The van der Waals surface area contributed by atoms with E-state index in [4.69, 9.17) is 14.6 Å². The maximum atomic E-state index is 11.6. The molecular weight excluding hydrogens is 488 g/mol. The molecule has 0 atom stereocenters. The molecule has 0 heterocycles. The molecule has 5 heteroatoms. The van der Waals surface area contributed by atoms with Crippen LogP contribution in [-0.4, -0.2) is 36.9 Å². The first kappa shape index (κ1) is 40.0. The van der Waals surface area contributed by atoms with Crippen molar-refractivity contribution < 1.29 is 24.2 Å². The Balaban J connectivity index is 0. The van der Waals surface area contributed by atoms with Gasteiger partial charge in [0, 0.05) is 19.4 Å². The normalized spacial score (nSPS) is 10.7. The smallest absolute Gasteiger partial charge is 0.305 e. The monoisotopic (exact) mass is 557 g/mol. The summed E-state index contributed by atoms with van der Waals surface area (Å²) >= 11 is 0. The average Bonchev–Trinajstić information content (AvgIpc) is 2.94. The quantitative estimate of drug-likeness (QED) is 0.0732. The summed E-state index contributed by atoms with van der Waals surface area (Å²) in [6.07, 6.45) is 29.8. The van der Waals surface area contributed by atoms with E-state index in [1.54, 1.807) is 0 Å². The molecule has 0 rings (SSSR count). The number of carbonyl (C=O) groups excluding carboxylic acids is 2. The maximum Gasteiger partial charge on any atom is 0.305 e. The molecule has 0 radical (unpaired) electrons. The SMILES string of the molecule is CCCCCCCCCCCCO.CCCCCCCCOC(=O)CCCCC(=O)OCCCCCCCC. The molecule has 0 aromatic heterocycles. The van der Waals surface area contributed by atoms with E-state index in [-0.39, 0.29) is 11.9 Å².